The van der Waals surface area contributed by atoms with Gasteiger partial charge >= 0.3 is 0 Å². The topological polar surface area (TPSA) is 93.3 Å². The van der Waals surface area contributed by atoms with Crippen molar-refractivity contribution in [2.75, 3.05) is 36.8 Å². The quantitative estimate of drug-likeness (QED) is 0.736. The lowest BCUT2D eigenvalue weighted by Gasteiger charge is -2.30. The van der Waals surface area contributed by atoms with E-state index >= 15 is 0 Å². The van der Waals surface area contributed by atoms with Crippen LogP contribution in [0.15, 0.2) is 33.5 Å². The maximum absolute atomic E-state index is 14.5. The van der Waals surface area contributed by atoms with Crippen LogP contribution in [0.2, 0.25) is 0 Å². The van der Waals surface area contributed by atoms with E-state index in [2.05, 4.69) is 15.6 Å². The molecule has 0 amide bonds. The van der Waals surface area contributed by atoms with Gasteiger partial charge in [0.2, 0.25) is 0 Å². The van der Waals surface area contributed by atoms with E-state index in [4.69, 9.17) is 14.8 Å². The van der Waals surface area contributed by atoms with Crippen LogP contribution in [0, 0.1) is 11.6 Å². The van der Waals surface area contributed by atoms with Crippen LogP contribution >= 0.6 is 0 Å². The fourth-order valence-corrected chi connectivity index (χ4v) is 3.02. The number of anilines is 2. The first-order valence-electron chi connectivity index (χ1n) is 8.21. The molecule has 1 aromatic carbocycles. The Kier molecular flexibility index (Phi) is 4.29. The number of aromatic nitrogens is 2. The van der Waals surface area contributed by atoms with E-state index in [1.165, 1.54) is 18.4 Å². The third kappa shape index (κ3) is 3.13. The summed E-state index contributed by atoms with van der Waals surface area (Å²) in [5.74, 6) is -0.480. The number of nitrogens with zero attached hydrogens (tertiary/aromatic N) is 3. The summed E-state index contributed by atoms with van der Waals surface area (Å²) in [6, 6.07) is 4.16. The molecule has 4 rings (SSSR count). The van der Waals surface area contributed by atoms with Gasteiger partial charge in [0.15, 0.2) is 5.82 Å². The number of rotatable bonds is 4. The molecule has 9 heteroatoms. The molecule has 2 aromatic heterocycles. The Morgan fingerprint density at radius 2 is 1.85 bits per heavy atom. The first-order valence-corrected chi connectivity index (χ1v) is 8.21. The maximum Gasteiger partial charge on any atom is 0.170 e. The first kappa shape index (κ1) is 16.5. The standard InChI is InChI=1S/C17H17F2N5O2/c18-13-6-10(7-14(19)16(13)24-3-1-21-2-4-24)15-8-12(26-22-15)5-11-9-25-23-17(11)20/h6-9,21H,1-5H2,(H2,20,23). The summed E-state index contributed by atoms with van der Waals surface area (Å²) in [7, 11) is 0. The number of hydrogen-bond donors (Lipinski definition) is 2. The molecule has 1 fully saturated rings. The highest BCUT2D eigenvalue weighted by Crippen LogP contribution is 2.30. The van der Waals surface area contributed by atoms with Crippen molar-refractivity contribution in [2.45, 2.75) is 6.42 Å². The average Bonchev–Trinajstić information content (AvgIpc) is 3.25. The van der Waals surface area contributed by atoms with Crippen molar-refractivity contribution in [2.24, 2.45) is 0 Å². The van der Waals surface area contributed by atoms with Crippen LogP contribution in [0.25, 0.3) is 11.3 Å². The van der Waals surface area contributed by atoms with Crippen molar-refractivity contribution < 1.29 is 17.8 Å². The van der Waals surface area contributed by atoms with Crippen molar-refractivity contribution in [1.29, 1.82) is 0 Å². The van der Waals surface area contributed by atoms with E-state index in [0.717, 1.165) is 0 Å². The number of nitrogen functional groups attached to an aromatic ring is 1. The van der Waals surface area contributed by atoms with Gasteiger partial charge in [0, 0.05) is 49.8 Å². The van der Waals surface area contributed by atoms with Crippen LogP contribution in [0.5, 0.6) is 0 Å². The molecule has 3 aromatic rings. The molecule has 0 spiro atoms. The van der Waals surface area contributed by atoms with Crippen LogP contribution < -0.4 is 16.0 Å². The third-order valence-corrected chi connectivity index (χ3v) is 4.34. The van der Waals surface area contributed by atoms with Crippen molar-refractivity contribution >= 4 is 11.5 Å². The number of piperazine rings is 1. The lowest BCUT2D eigenvalue weighted by Crippen LogP contribution is -2.44. The predicted octanol–water partition coefficient (Wildman–Crippen LogP) is 2.19. The minimum absolute atomic E-state index is 0.00351. The fraction of sp³-hybridized carbons (Fsp3) is 0.294. The molecule has 26 heavy (non-hydrogen) atoms. The summed E-state index contributed by atoms with van der Waals surface area (Å²) >= 11 is 0. The van der Waals surface area contributed by atoms with E-state index < -0.39 is 11.6 Å². The van der Waals surface area contributed by atoms with E-state index in [1.807, 2.05) is 0 Å². The molecule has 3 N–H and O–H groups in total. The Bertz CT molecular complexity index is 895. The lowest BCUT2D eigenvalue weighted by atomic mass is 10.1. The molecule has 3 heterocycles. The zero-order valence-electron chi connectivity index (χ0n) is 13.8. The molecule has 0 radical (unpaired) electrons. The molecule has 136 valence electrons. The second-order valence-corrected chi connectivity index (χ2v) is 6.11. The van der Waals surface area contributed by atoms with Crippen LogP contribution in [0.1, 0.15) is 11.3 Å². The zero-order valence-corrected chi connectivity index (χ0v) is 13.8. The van der Waals surface area contributed by atoms with Crippen LogP contribution in [0.4, 0.5) is 20.3 Å². The summed E-state index contributed by atoms with van der Waals surface area (Å²) in [5, 5.41) is 10.6. The van der Waals surface area contributed by atoms with Crippen molar-refractivity contribution in [1.82, 2.24) is 15.6 Å². The Morgan fingerprint density at radius 1 is 1.12 bits per heavy atom. The van der Waals surface area contributed by atoms with Gasteiger partial charge in [-0.05, 0) is 12.1 Å². The number of nitrogens with two attached hydrogens (primary N) is 1. The Morgan fingerprint density at radius 3 is 2.50 bits per heavy atom. The summed E-state index contributed by atoms with van der Waals surface area (Å²) in [4.78, 5) is 1.70. The van der Waals surface area contributed by atoms with Gasteiger partial charge in [-0.25, -0.2) is 8.78 Å². The van der Waals surface area contributed by atoms with Crippen LogP contribution in [0.3, 0.4) is 0 Å². The van der Waals surface area contributed by atoms with Gasteiger partial charge in [-0.1, -0.05) is 10.3 Å². The first-order chi connectivity index (χ1) is 12.6. The molecule has 0 unspecified atom stereocenters. The SMILES string of the molecule is Nc1nocc1Cc1cc(-c2cc(F)c(N3CCNCC3)c(F)c2)no1. The van der Waals surface area contributed by atoms with Crippen molar-refractivity contribution in [3.05, 3.63) is 47.4 Å². The maximum atomic E-state index is 14.5. The molecule has 0 atom stereocenters. The number of benzene rings is 1. The zero-order chi connectivity index (χ0) is 18.1. The summed E-state index contributed by atoms with van der Waals surface area (Å²) in [6.45, 7) is 2.50. The Labute approximate surface area is 147 Å². The largest absolute Gasteiger partial charge is 0.381 e. The Hall–Kier alpha value is -2.94. The summed E-state index contributed by atoms with van der Waals surface area (Å²) in [6.07, 6.45) is 1.74. The molecule has 1 saturated heterocycles. The summed E-state index contributed by atoms with van der Waals surface area (Å²) < 4.78 is 39.1. The van der Waals surface area contributed by atoms with E-state index in [-0.39, 0.29) is 11.5 Å². The van der Waals surface area contributed by atoms with Gasteiger partial charge in [-0.3, -0.25) is 0 Å². The monoisotopic (exact) mass is 361 g/mol. The minimum atomic E-state index is -0.616. The molecular formula is C17H17F2N5O2. The molecule has 1 aliphatic heterocycles. The molecular weight excluding hydrogens is 344 g/mol. The highest BCUT2D eigenvalue weighted by Gasteiger charge is 2.21. The third-order valence-electron chi connectivity index (χ3n) is 4.34. The van der Waals surface area contributed by atoms with Crippen LogP contribution in [-0.2, 0) is 6.42 Å². The van der Waals surface area contributed by atoms with Gasteiger partial charge in [0.05, 0.1) is 0 Å². The second-order valence-electron chi connectivity index (χ2n) is 6.11. The molecule has 0 saturated carbocycles. The van der Waals surface area contributed by atoms with Crippen LogP contribution in [-0.4, -0.2) is 36.5 Å². The smallest absolute Gasteiger partial charge is 0.170 e. The average molecular weight is 361 g/mol. The fourth-order valence-electron chi connectivity index (χ4n) is 3.02. The molecule has 7 nitrogen and oxygen atoms in total. The van der Waals surface area contributed by atoms with Crippen molar-refractivity contribution in [3.63, 3.8) is 0 Å². The number of hydrogen-bond acceptors (Lipinski definition) is 7. The van der Waals surface area contributed by atoms with Gasteiger partial charge in [-0.15, -0.1) is 0 Å². The molecule has 1 aliphatic rings. The minimum Gasteiger partial charge on any atom is -0.381 e. The normalized spacial score (nSPS) is 14.8. The number of halogens is 2. The van der Waals surface area contributed by atoms with Crippen molar-refractivity contribution in [3.8, 4) is 11.3 Å². The highest BCUT2D eigenvalue weighted by atomic mass is 19.1. The van der Waals surface area contributed by atoms with Gasteiger partial charge in [0.25, 0.3) is 0 Å². The van der Waals surface area contributed by atoms with Gasteiger partial charge in [-0.2, -0.15) is 0 Å². The lowest BCUT2D eigenvalue weighted by molar-refractivity contribution is 0.390. The highest BCUT2D eigenvalue weighted by molar-refractivity contribution is 5.64. The van der Waals surface area contributed by atoms with E-state index in [1.54, 1.807) is 11.0 Å². The Balaban J connectivity index is 1.59. The number of nitrogens with one attached hydrogen (secondary N) is 1. The predicted molar refractivity (Wildman–Crippen MR) is 90.7 cm³/mol. The second kappa shape index (κ2) is 6.75. The summed E-state index contributed by atoms with van der Waals surface area (Å²) in [5.41, 5.74) is 6.97. The molecule has 0 bridgehead atoms. The van der Waals surface area contributed by atoms with E-state index in [9.17, 15) is 8.78 Å². The van der Waals surface area contributed by atoms with Gasteiger partial charge < -0.3 is 25.0 Å². The molecule has 0 aliphatic carbocycles. The van der Waals surface area contributed by atoms with Gasteiger partial charge in [0.1, 0.15) is 35.0 Å². The van der Waals surface area contributed by atoms with E-state index in [0.29, 0.717) is 55.2 Å².